The van der Waals surface area contributed by atoms with Crippen molar-refractivity contribution < 1.29 is 19.0 Å². The Morgan fingerprint density at radius 2 is 1.05 bits per heavy atom. The van der Waals surface area contributed by atoms with E-state index in [1.165, 1.54) is 11.1 Å². The molecule has 2 aromatic carbocycles. The highest BCUT2D eigenvalue weighted by atomic mass is 31.2. The van der Waals surface area contributed by atoms with Gasteiger partial charge in [-0.3, -0.25) is 0 Å². The van der Waals surface area contributed by atoms with Crippen molar-refractivity contribution in [1.29, 1.82) is 0 Å². The molecule has 0 radical (unpaired) electrons. The van der Waals surface area contributed by atoms with E-state index in [1.807, 2.05) is 20.8 Å². The molecule has 2 rings (SSSR count). The molecule has 0 heterocycles. The third-order valence-electron chi connectivity index (χ3n) is 6.33. The van der Waals surface area contributed by atoms with Gasteiger partial charge in [0.05, 0.1) is 6.61 Å². The molecule has 2 aromatic rings. The maximum atomic E-state index is 10.1. The number of aryl methyl sites for hydroxylation is 2. The number of benzene rings is 2. The first-order valence-corrected chi connectivity index (χ1v) is 14.4. The lowest BCUT2D eigenvalue weighted by Crippen LogP contribution is -2.18. The van der Waals surface area contributed by atoms with Crippen LogP contribution in [0.4, 0.5) is 0 Å². The monoisotopic (exact) mass is 532 g/mol. The van der Waals surface area contributed by atoms with Crippen LogP contribution >= 0.6 is 8.60 Å². The van der Waals surface area contributed by atoms with Crippen LogP contribution in [0.3, 0.4) is 0 Å². The third kappa shape index (κ3) is 9.57. The van der Waals surface area contributed by atoms with Gasteiger partial charge in [-0.05, 0) is 70.2 Å². The lowest BCUT2D eigenvalue weighted by Gasteiger charge is -2.29. The molecule has 0 bridgehead atoms. The van der Waals surface area contributed by atoms with E-state index >= 15 is 0 Å². The van der Waals surface area contributed by atoms with Gasteiger partial charge in [-0.2, -0.15) is 0 Å². The zero-order valence-electron chi connectivity index (χ0n) is 26.2. The minimum Gasteiger partial charge on any atom is -0.507 e. The van der Waals surface area contributed by atoms with Crippen molar-refractivity contribution in [2.45, 2.75) is 126 Å². The minimum absolute atomic E-state index is 0.0178. The van der Waals surface area contributed by atoms with E-state index in [1.54, 1.807) is 0 Å². The second-order valence-corrected chi connectivity index (χ2v) is 15.0. The van der Waals surface area contributed by atoms with Crippen molar-refractivity contribution in [3.63, 3.8) is 0 Å². The van der Waals surface area contributed by atoms with Crippen molar-refractivity contribution >= 4 is 8.60 Å². The highest BCUT2D eigenvalue weighted by molar-refractivity contribution is 7.41. The summed E-state index contributed by atoms with van der Waals surface area (Å²) in [6.07, 6.45) is 0. The highest BCUT2D eigenvalue weighted by Crippen LogP contribution is 2.44. The molecular formula is C32H53O4P. The van der Waals surface area contributed by atoms with E-state index in [4.69, 9.17) is 9.05 Å². The smallest absolute Gasteiger partial charge is 0.394 e. The van der Waals surface area contributed by atoms with Gasteiger partial charge in [0, 0.05) is 5.56 Å². The first-order chi connectivity index (χ1) is 16.5. The van der Waals surface area contributed by atoms with E-state index in [0.717, 1.165) is 28.0 Å². The average Bonchev–Trinajstić information content (AvgIpc) is 2.68. The molecule has 0 aliphatic carbocycles. The largest absolute Gasteiger partial charge is 0.507 e. The second kappa shape index (κ2) is 12.1. The quantitative estimate of drug-likeness (QED) is 0.385. The fourth-order valence-corrected chi connectivity index (χ4v) is 4.56. The van der Waals surface area contributed by atoms with Crippen molar-refractivity contribution in [2.24, 2.45) is 0 Å². The number of rotatable bonds is 4. The standard InChI is InChI=1S/C17H29O3P.C15H24O/c1-9-19-21(18)20-15-12(2)10-13(16(3,4)5)11-14(15)17(6,7)8;1-10-8-11(14(2,3)4)9-12(13(10)16)15(5,6)7/h10-11,18H,9H2,1-8H3;8-9,16H,1-7H3. The van der Waals surface area contributed by atoms with Crippen molar-refractivity contribution in [2.75, 3.05) is 6.61 Å². The number of phenolic OH excluding ortho intramolecular Hbond substituents is 1. The zero-order valence-corrected chi connectivity index (χ0v) is 27.1. The molecule has 1 atom stereocenters. The van der Waals surface area contributed by atoms with Gasteiger partial charge in [0.2, 0.25) is 0 Å². The number of phenols is 1. The molecule has 0 amide bonds. The Kier molecular flexibility index (Phi) is 10.9. The van der Waals surface area contributed by atoms with Gasteiger partial charge in [-0.25, -0.2) is 0 Å². The first-order valence-electron chi connectivity index (χ1n) is 13.3. The van der Waals surface area contributed by atoms with Crippen LogP contribution in [0.15, 0.2) is 24.3 Å². The fourth-order valence-electron chi connectivity index (χ4n) is 3.88. The Bertz CT molecular complexity index is 1040. The summed E-state index contributed by atoms with van der Waals surface area (Å²) in [6.45, 7) is 32.3. The maximum absolute atomic E-state index is 10.1. The van der Waals surface area contributed by atoms with Crippen LogP contribution in [0.2, 0.25) is 0 Å². The van der Waals surface area contributed by atoms with E-state index in [0.29, 0.717) is 12.4 Å². The van der Waals surface area contributed by atoms with Crippen molar-refractivity contribution in [3.05, 3.63) is 57.6 Å². The summed E-state index contributed by atoms with van der Waals surface area (Å²) in [5.74, 6) is 1.19. The Labute approximate surface area is 228 Å². The van der Waals surface area contributed by atoms with Gasteiger partial charge in [0.15, 0.2) is 0 Å². The molecule has 37 heavy (non-hydrogen) atoms. The van der Waals surface area contributed by atoms with Gasteiger partial charge in [-0.1, -0.05) is 107 Å². The van der Waals surface area contributed by atoms with Gasteiger partial charge in [0.25, 0.3) is 0 Å². The summed E-state index contributed by atoms with van der Waals surface area (Å²) in [7, 11) is -1.87. The summed E-state index contributed by atoms with van der Waals surface area (Å²) in [4.78, 5) is 9.87. The molecule has 0 spiro atoms. The van der Waals surface area contributed by atoms with Gasteiger partial charge in [0.1, 0.15) is 11.5 Å². The van der Waals surface area contributed by atoms with Crippen LogP contribution in [-0.2, 0) is 26.2 Å². The average molecular weight is 533 g/mol. The van der Waals surface area contributed by atoms with Gasteiger partial charge < -0.3 is 19.0 Å². The summed E-state index contributed by atoms with van der Waals surface area (Å²) < 4.78 is 10.9. The molecule has 1 unspecified atom stereocenters. The zero-order chi connectivity index (χ0) is 29.1. The third-order valence-corrected chi connectivity index (χ3v) is 7.15. The molecule has 0 aliphatic rings. The molecule has 210 valence electrons. The van der Waals surface area contributed by atoms with Gasteiger partial charge >= 0.3 is 8.60 Å². The van der Waals surface area contributed by atoms with Crippen LogP contribution in [0.1, 0.15) is 123 Å². The molecule has 0 aromatic heterocycles. The number of aromatic hydroxyl groups is 1. The lowest BCUT2D eigenvalue weighted by molar-refractivity contribution is 0.272. The van der Waals surface area contributed by atoms with Gasteiger partial charge in [-0.15, -0.1) is 0 Å². The Hall–Kier alpha value is -1.61. The minimum atomic E-state index is -1.87. The summed E-state index contributed by atoms with van der Waals surface area (Å²) in [6, 6.07) is 8.56. The fraction of sp³-hybridized carbons (Fsp3) is 0.625. The SMILES string of the molecule is CCOP(O)Oc1c(C)cc(C(C)(C)C)cc1C(C)(C)C.Cc1cc(C(C)(C)C)cc(C(C)(C)C)c1O. The predicted octanol–water partition coefficient (Wildman–Crippen LogP) is 9.52. The second-order valence-electron chi connectivity index (χ2n) is 14.1. The van der Waals surface area contributed by atoms with E-state index in [-0.39, 0.29) is 21.7 Å². The van der Waals surface area contributed by atoms with E-state index in [2.05, 4.69) is 107 Å². The molecular weight excluding hydrogens is 479 g/mol. The normalized spacial score (nSPS) is 13.6. The predicted molar refractivity (Wildman–Crippen MR) is 160 cm³/mol. The van der Waals surface area contributed by atoms with Crippen LogP contribution in [-0.4, -0.2) is 16.6 Å². The molecule has 0 aliphatic heterocycles. The van der Waals surface area contributed by atoms with E-state index < -0.39 is 8.60 Å². The Balaban J connectivity index is 0.000000384. The molecule has 0 saturated carbocycles. The Morgan fingerprint density at radius 1 is 0.649 bits per heavy atom. The van der Waals surface area contributed by atoms with E-state index in [9.17, 15) is 10.00 Å². The topological polar surface area (TPSA) is 58.9 Å². The van der Waals surface area contributed by atoms with Crippen LogP contribution in [0, 0.1) is 13.8 Å². The summed E-state index contributed by atoms with van der Waals surface area (Å²) in [5, 5.41) is 10.1. The number of hydrogen-bond acceptors (Lipinski definition) is 4. The van der Waals surface area contributed by atoms with Crippen molar-refractivity contribution in [3.8, 4) is 11.5 Å². The molecule has 0 saturated heterocycles. The first kappa shape index (κ1) is 33.4. The van der Waals surface area contributed by atoms with Crippen LogP contribution < -0.4 is 4.52 Å². The van der Waals surface area contributed by atoms with Crippen LogP contribution in [0.5, 0.6) is 11.5 Å². The summed E-state index contributed by atoms with van der Waals surface area (Å²) >= 11 is 0. The highest BCUT2D eigenvalue weighted by Gasteiger charge is 2.27. The molecule has 4 nitrogen and oxygen atoms in total. The maximum Gasteiger partial charge on any atom is 0.394 e. The van der Waals surface area contributed by atoms with Crippen molar-refractivity contribution in [1.82, 2.24) is 0 Å². The van der Waals surface area contributed by atoms with Crippen LogP contribution in [0.25, 0.3) is 0 Å². The molecule has 5 heteroatoms. The molecule has 2 N–H and O–H groups in total. The lowest BCUT2D eigenvalue weighted by atomic mass is 9.79. The summed E-state index contributed by atoms with van der Waals surface area (Å²) in [5.41, 5.74) is 6.83. The Morgan fingerprint density at radius 3 is 1.43 bits per heavy atom. The number of hydrogen-bond donors (Lipinski definition) is 2. The molecule has 0 fully saturated rings.